The van der Waals surface area contributed by atoms with Crippen LogP contribution in [0.4, 0.5) is 0 Å². The minimum atomic E-state index is 0.629. The van der Waals surface area contributed by atoms with E-state index in [-0.39, 0.29) is 0 Å². The summed E-state index contributed by atoms with van der Waals surface area (Å²) < 4.78 is 7.54. The lowest BCUT2D eigenvalue weighted by Crippen LogP contribution is -2.07. The van der Waals surface area contributed by atoms with Crippen LogP contribution in [-0.2, 0) is 13.6 Å². The highest BCUT2D eigenvalue weighted by atomic mass is 16.5. The molecule has 0 saturated carbocycles. The lowest BCUT2D eigenvalue weighted by atomic mass is 10.1. The number of para-hydroxylation sites is 2. The van der Waals surface area contributed by atoms with Crippen molar-refractivity contribution in [2.24, 2.45) is 12.1 Å². The van der Waals surface area contributed by atoms with Gasteiger partial charge in [0.1, 0.15) is 5.75 Å². The second-order valence-corrected chi connectivity index (χ2v) is 5.48. The maximum Gasteiger partial charge on any atom is 0.123 e. The second kappa shape index (κ2) is 6.57. The quantitative estimate of drug-likeness (QED) is 0.577. The van der Waals surface area contributed by atoms with Crippen molar-refractivity contribution in [3.8, 4) is 5.75 Å². The molecule has 0 saturated heterocycles. The molecule has 23 heavy (non-hydrogen) atoms. The van der Waals surface area contributed by atoms with E-state index in [2.05, 4.69) is 53.3 Å². The van der Waals surface area contributed by atoms with E-state index in [1.54, 1.807) is 7.11 Å². The van der Waals surface area contributed by atoms with E-state index in [0.29, 0.717) is 6.54 Å². The minimum Gasteiger partial charge on any atom is -0.496 e. The Morgan fingerprint density at radius 2 is 1.87 bits per heavy atom. The van der Waals surface area contributed by atoms with Crippen LogP contribution in [0.1, 0.15) is 16.8 Å². The number of hydrogen-bond acceptors (Lipinski definition) is 3. The van der Waals surface area contributed by atoms with Crippen LogP contribution in [0.3, 0.4) is 0 Å². The molecule has 0 radical (unpaired) electrons. The fraction of sp³-hybridized carbons (Fsp3) is 0.211. The number of aryl methyl sites for hydroxylation is 1. The average Bonchev–Trinajstić information content (AvgIpc) is 2.84. The van der Waals surface area contributed by atoms with Crippen LogP contribution in [0.2, 0.25) is 0 Å². The van der Waals surface area contributed by atoms with E-state index in [9.17, 15) is 0 Å². The predicted octanol–water partition coefficient (Wildman–Crippen LogP) is 3.62. The van der Waals surface area contributed by atoms with Gasteiger partial charge in [0.25, 0.3) is 0 Å². The number of rotatable bonds is 5. The van der Waals surface area contributed by atoms with Gasteiger partial charge in [0.05, 0.1) is 19.9 Å². The Morgan fingerprint density at radius 3 is 2.70 bits per heavy atom. The van der Waals surface area contributed by atoms with Crippen LogP contribution in [-0.4, -0.2) is 17.9 Å². The Morgan fingerprint density at radius 1 is 1.13 bits per heavy atom. The summed E-state index contributed by atoms with van der Waals surface area (Å²) in [6, 6.07) is 16.3. The Hall–Kier alpha value is -2.75. The molecule has 0 spiro atoms. The summed E-state index contributed by atoms with van der Waals surface area (Å²) in [5.41, 5.74) is 7.76. The van der Waals surface area contributed by atoms with Gasteiger partial charge in [-0.1, -0.05) is 36.4 Å². The van der Waals surface area contributed by atoms with Gasteiger partial charge in [-0.3, -0.25) is 0 Å². The lowest BCUT2D eigenvalue weighted by molar-refractivity contribution is 0.408. The smallest absolute Gasteiger partial charge is 0.123 e. The van der Waals surface area contributed by atoms with Crippen molar-refractivity contribution >= 4 is 17.1 Å². The van der Waals surface area contributed by atoms with Crippen molar-refractivity contribution in [1.29, 1.82) is 0 Å². The van der Waals surface area contributed by atoms with Gasteiger partial charge in [0.2, 0.25) is 0 Å². The molecule has 4 heteroatoms. The third kappa shape index (κ3) is 2.93. The number of methoxy groups -OCH3 is 1. The molecule has 0 amide bonds. The van der Waals surface area contributed by atoms with Gasteiger partial charge in [-0.15, -0.1) is 0 Å². The predicted molar refractivity (Wildman–Crippen MR) is 95.1 cm³/mol. The Kier molecular flexibility index (Phi) is 4.33. The van der Waals surface area contributed by atoms with Crippen LogP contribution < -0.4 is 10.2 Å². The van der Waals surface area contributed by atoms with Crippen LogP contribution >= 0.6 is 0 Å². The fourth-order valence-corrected chi connectivity index (χ4v) is 2.80. The van der Waals surface area contributed by atoms with Gasteiger partial charge in [0.15, 0.2) is 0 Å². The molecule has 0 aliphatic heterocycles. The zero-order valence-electron chi connectivity index (χ0n) is 13.7. The molecular formula is C19H21N3O. The van der Waals surface area contributed by atoms with Crippen LogP contribution in [0.15, 0.2) is 53.6 Å². The SMILES string of the molecule is COc1ccccc1CN/N=C/c1c(C)n(C)c2ccccc12. The molecule has 3 aromatic rings. The third-order valence-electron chi connectivity index (χ3n) is 4.20. The topological polar surface area (TPSA) is 38.5 Å². The summed E-state index contributed by atoms with van der Waals surface area (Å²) in [6.07, 6.45) is 1.90. The van der Waals surface area contributed by atoms with E-state index >= 15 is 0 Å². The van der Waals surface area contributed by atoms with Gasteiger partial charge >= 0.3 is 0 Å². The second-order valence-electron chi connectivity index (χ2n) is 5.48. The highest BCUT2D eigenvalue weighted by Crippen LogP contribution is 2.23. The molecule has 0 aliphatic rings. The summed E-state index contributed by atoms with van der Waals surface area (Å²) in [4.78, 5) is 0. The number of nitrogens with one attached hydrogen (secondary N) is 1. The van der Waals surface area contributed by atoms with Crippen molar-refractivity contribution in [2.75, 3.05) is 7.11 Å². The Labute approximate surface area is 136 Å². The molecule has 1 aromatic heterocycles. The summed E-state index contributed by atoms with van der Waals surface area (Å²) in [7, 11) is 3.76. The first-order valence-corrected chi connectivity index (χ1v) is 7.64. The van der Waals surface area contributed by atoms with Crippen molar-refractivity contribution < 1.29 is 4.74 Å². The van der Waals surface area contributed by atoms with Gasteiger partial charge in [0, 0.05) is 34.8 Å². The fourth-order valence-electron chi connectivity index (χ4n) is 2.80. The molecule has 118 valence electrons. The highest BCUT2D eigenvalue weighted by molar-refractivity contribution is 6.01. The van der Waals surface area contributed by atoms with E-state index in [1.165, 1.54) is 16.6 Å². The lowest BCUT2D eigenvalue weighted by Gasteiger charge is -2.07. The van der Waals surface area contributed by atoms with Crippen LogP contribution in [0.5, 0.6) is 5.75 Å². The molecule has 1 heterocycles. The molecule has 4 nitrogen and oxygen atoms in total. The zero-order chi connectivity index (χ0) is 16.2. The van der Waals surface area contributed by atoms with E-state index < -0.39 is 0 Å². The molecule has 3 rings (SSSR count). The Bertz CT molecular complexity index is 849. The van der Waals surface area contributed by atoms with Crippen molar-refractivity contribution in [2.45, 2.75) is 13.5 Å². The van der Waals surface area contributed by atoms with Gasteiger partial charge in [-0.05, 0) is 19.1 Å². The molecule has 1 N–H and O–H groups in total. The summed E-state index contributed by atoms with van der Waals surface area (Å²) in [5.74, 6) is 0.872. The maximum atomic E-state index is 5.35. The molecule has 2 aromatic carbocycles. The van der Waals surface area contributed by atoms with Crippen molar-refractivity contribution in [1.82, 2.24) is 9.99 Å². The molecular weight excluding hydrogens is 286 g/mol. The molecule has 0 unspecified atom stereocenters. The first kappa shape index (κ1) is 15.2. The summed E-state index contributed by atoms with van der Waals surface area (Å²) >= 11 is 0. The van der Waals surface area contributed by atoms with Crippen LogP contribution in [0.25, 0.3) is 10.9 Å². The number of fused-ring (bicyclic) bond motifs is 1. The number of nitrogens with zero attached hydrogens (tertiary/aromatic N) is 2. The average molecular weight is 307 g/mol. The van der Waals surface area contributed by atoms with E-state index in [0.717, 1.165) is 16.9 Å². The number of hydrogen-bond donors (Lipinski definition) is 1. The highest BCUT2D eigenvalue weighted by Gasteiger charge is 2.09. The summed E-state index contributed by atoms with van der Waals surface area (Å²) in [6.45, 7) is 2.74. The number of benzene rings is 2. The molecule has 0 atom stereocenters. The van der Waals surface area contributed by atoms with Crippen molar-refractivity contribution in [3.63, 3.8) is 0 Å². The van der Waals surface area contributed by atoms with E-state index in [1.807, 2.05) is 30.5 Å². The van der Waals surface area contributed by atoms with Crippen LogP contribution in [0, 0.1) is 6.92 Å². The zero-order valence-corrected chi connectivity index (χ0v) is 13.7. The van der Waals surface area contributed by atoms with Gasteiger partial charge < -0.3 is 14.7 Å². The summed E-state index contributed by atoms with van der Waals surface area (Å²) in [5, 5.41) is 5.61. The van der Waals surface area contributed by atoms with Crippen molar-refractivity contribution in [3.05, 3.63) is 65.4 Å². The number of ether oxygens (including phenoxy) is 1. The first-order valence-electron chi connectivity index (χ1n) is 7.64. The largest absolute Gasteiger partial charge is 0.496 e. The van der Waals surface area contributed by atoms with E-state index in [4.69, 9.17) is 4.74 Å². The number of hydrazone groups is 1. The molecule has 0 bridgehead atoms. The monoisotopic (exact) mass is 307 g/mol. The normalized spacial score (nSPS) is 11.3. The Balaban J connectivity index is 1.78. The number of aromatic nitrogens is 1. The molecule has 0 aliphatic carbocycles. The standard InChI is InChI=1S/C19H21N3O/c1-14-17(16-9-5-6-10-18(16)22(14)2)13-21-20-12-15-8-4-7-11-19(15)23-3/h4-11,13,20H,12H2,1-3H3/b21-13+. The van der Waals surface area contributed by atoms with Gasteiger partial charge in [-0.2, -0.15) is 5.10 Å². The minimum absolute atomic E-state index is 0.629. The first-order chi connectivity index (χ1) is 11.2. The maximum absolute atomic E-state index is 5.35. The van der Waals surface area contributed by atoms with Gasteiger partial charge in [-0.25, -0.2) is 0 Å². The third-order valence-corrected chi connectivity index (χ3v) is 4.20. The molecule has 0 fully saturated rings.